The zero-order chi connectivity index (χ0) is 18.4. The summed E-state index contributed by atoms with van der Waals surface area (Å²) in [5, 5.41) is 9.64. The van der Waals surface area contributed by atoms with Gasteiger partial charge in [-0.3, -0.25) is 4.72 Å². The average molecular weight is 379 g/mol. The van der Waals surface area contributed by atoms with E-state index < -0.39 is 10.0 Å². The molecule has 2 amide bonds. The van der Waals surface area contributed by atoms with Crippen LogP contribution in [0.25, 0.3) is 5.52 Å². The number of carbonyl (C=O) groups is 1. The van der Waals surface area contributed by atoms with E-state index in [4.69, 9.17) is 0 Å². The summed E-state index contributed by atoms with van der Waals surface area (Å²) in [7, 11) is -3.54. The number of urea groups is 1. The number of anilines is 1. The predicted molar refractivity (Wildman–Crippen MR) is 101 cm³/mol. The summed E-state index contributed by atoms with van der Waals surface area (Å²) in [6, 6.07) is 5.03. The molecule has 0 aromatic carbocycles. The van der Waals surface area contributed by atoms with E-state index in [0.29, 0.717) is 5.69 Å². The second kappa shape index (κ2) is 8.39. The molecule has 26 heavy (non-hydrogen) atoms. The fourth-order valence-corrected chi connectivity index (χ4v) is 4.13. The van der Waals surface area contributed by atoms with Crippen molar-refractivity contribution in [2.45, 2.75) is 44.6 Å². The second-order valence-electron chi connectivity index (χ2n) is 6.63. The minimum absolute atomic E-state index is 0.0583. The summed E-state index contributed by atoms with van der Waals surface area (Å²) in [5.41, 5.74) is 1.27. The largest absolute Gasteiger partial charge is 0.337 e. The summed E-state index contributed by atoms with van der Waals surface area (Å²) < 4.78 is 28.5. The molecule has 2 aromatic heterocycles. The van der Waals surface area contributed by atoms with Crippen LogP contribution in [0.3, 0.4) is 0 Å². The maximum atomic E-state index is 12.2. The van der Waals surface area contributed by atoms with Crippen molar-refractivity contribution in [1.82, 2.24) is 20.2 Å². The lowest BCUT2D eigenvalue weighted by molar-refractivity contribution is 0.236. The van der Waals surface area contributed by atoms with E-state index in [1.807, 2.05) is 0 Å². The van der Waals surface area contributed by atoms with Crippen LogP contribution >= 0.6 is 0 Å². The molecule has 0 aliphatic heterocycles. The number of rotatable bonds is 6. The van der Waals surface area contributed by atoms with Gasteiger partial charge in [-0.1, -0.05) is 25.7 Å². The molecule has 0 bridgehead atoms. The van der Waals surface area contributed by atoms with E-state index in [2.05, 4.69) is 20.5 Å². The minimum atomic E-state index is -3.54. The van der Waals surface area contributed by atoms with Crippen LogP contribution in [0.15, 0.2) is 30.6 Å². The summed E-state index contributed by atoms with van der Waals surface area (Å²) in [6.45, 7) is 0.0583. The quantitative estimate of drug-likeness (QED) is 0.669. The number of fused-ring (bicyclic) bond motifs is 1. The first-order valence-electron chi connectivity index (χ1n) is 9.00. The van der Waals surface area contributed by atoms with Gasteiger partial charge < -0.3 is 10.6 Å². The highest BCUT2D eigenvalue weighted by atomic mass is 32.2. The van der Waals surface area contributed by atoms with Crippen molar-refractivity contribution >= 4 is 27.3 Å². The fraction of sp³-hybridized carbons (Fsp3) is 0.529. The average Bonchev–Trinajstić information content (AvgIpc) is 2.90. The van der Waals surface area contributed by atoms with Gasteiger partial charge in [0, 0.05) is 25.0 Å². The molecule has 1 saturated carbocycles. The molecule has 0 atom stereocenters. The second-order valence-corrected chi connectivity index (χ2v) is 8.47. The highest BCUT2D eigenvalue weighted by molar-refractivity contribution is 7.92. The standard InChI is InChI=1S/C17H25N5O3S/c23-17(20-14-5-3-1-2-4-6-14)18-10-12-26(24,25)21-15-8-11-22-16(13-15)7-9-19-22/h7-9,11,13-14,21H,1-6,10,12H2,(H2,18,20,23). The van der Waals surface area contributed by atoms with Gasteiger partial charge in [0.25, 0.3) is 0 Å². The molecule has 0 unspecified atom stereocenters. The third kappa shape index (κ3) is 5.35. The van der Waals surface area contributed by atoms with Gasteiger partial charge in [0.05, 0.1) is 17.0 Å². The fourth-order valence-electron chi connectivity index (χ4n) is 3.17. The molecule has 142 valence electrons. The number of carbonyl (C=O) groups excluding carboxylic acids is 1. The molecule has 0 spiro atoms. The maximum absolute atomic E-state index is 12.2. The molecule has 1 aliphatic rings. The van der Waals surface area contributed by atoms with Gasteiger partial charge in [0.2, 0.25) is 10.0 Å². The molecular weight excluding hydrogens is 354 g/mol. The van der Waals surface area contributed by atoms with Crippen molar-refractivity contribution in [3.63, 3.8) is 0 Å². The Bertz CT molecular complexity index is 841. The van der Waals surface area contributed by atoms with Crippen LogP contribution in [-0.2, 0) is 10.0 Å². The van der Waals surface area contributed by atoms with E-state index in [-0.39, 0.29) is 24.4 Å². The molecule has 8 nitrogen and oxygen atoms in total. The zero-order valence-electron chi connectivity index (χ0n) is 14.6. The Morgan fingerprint density at radius 2 is 1.96 bits per heavy atom. The molecule has 2 aromatic rings. The van der Waals surface area contributed by atoms with Crippen LogP contribution in [0.4, 0.5) is 10.5 Å². The summed E-state index contributed by atoms with van der Waals surface area (Å²) in [6.07, 6.45) is 10.0. The van der Waals surface area contributed by atoms with Gasteiger partial charge in [-0.15, -0.1) is 0 Å². The van der Waals surface area contributed by atoms with Gasteiger partial charge >= 0.3 is 6.03 Å². The number of nitrogens with one attached hydrogen (secondary N) is 3. The summed E-state index contributed by atoms with van der Waals surface area (Å²) >= 11 is 0. The Balaban J connectivity index is 1.44. The lowest BCUT2D eigenvalue weighted by Crippen LogP contribution is -2.43. The molecule has 0 radical (unpaired) electrons. The third-order valence-corrected chi connectivity index (χ3v) is 5.81. The van der Waals surface area contributed by atoms with Crippen molar-refractivity contribution in [2.24, 2.45) is 0 Å². The van der Waals surface area contributed by atoms with Gasteiger partial charge in [-0.05, 0) is 31.0 Å². The Labute approximate surface area is 153 Å². The summed E-state index contributed by atoms with van der Waals surface area (Å²) in [4.78, 5) is 11.9. The number of aromatic nitrogens is 2. The normalized spacial score (nSPS) is 16.2. The van der Waals surface area contributed by atoms with Crippen LogP contribution in [-0.4, -0.2) is 42.4 Å². The SMILES string of the molecule is O=C(NCCS(=O)(=O)Nc1ccn2nccc2c1)NC1CCCCCC1. The van der Waals surface area contributed by atoms with Crippen LogP contribution in [0.1, 0.15) is 38.5 Å². The van der Waals surface area contributed by atoms with Crippen molar-refractivity contribution in [3.8, 4) is 0 Å². The molecule has 3 rings (SSSR count). The number of sulfonamides is 1. The predicted octanol–water partition coefficient (Wildman–Crippen LogP) is 2.10. The van der Waals surface area contributed by atoms with E-state index in [9.17, 15) is 13.2 Å². The Hall–Kier alpha value is -2.29. The Kier molecular flexibility index (Phi) is 5.97. The smallest absolute Gasteiger partial charge is 0.315 e. The van der Waals surface area contributed by atoms with Gasteiger partial charge in [-0.2, -0.15) is 5.10 Å². The molecule has 0 saturated heterocycles. The van der Waals surface area contributed by atoms with Crippen molar-refractivity contribution in [3.05, 3.63) is 30.6 Å². The maximum Gasteiger partial charge on any atom is 0.315 e. The van der Waals surface area contributed by atoms with Gasteiger partial charge in [0.1, 0.15) is 0 Å². The monoisotopic (exact) mass is 379 g/mol. The van der Waals surface area contributed by atoms with Crippen LogP contribution in [0.2, 0.25) is 0 Å². The van der Waals surface area contributed by atoms with E-state index in [1.165, 1.54) is 12.8 Å². The Morgan fingerprint density at radius 1 is 1.19 bits per heavy atom. The first-order chi connectivity index (χ1) is 12.5. The van der Waals surface area contributed by atoms with Crippen molar-refractivity contribution in [1.29, 1.82) is 0 Å². The number of amides is 2. The van der Waals surface area contributed by atoms with Gasteiger partial charge in [0.15, 0.2) is 0 Å². The highest BCUT2D eigenvalue weighted by Crippen LogP contribution is 2.17. The highest BCUT2D eigenvalue weighted by Gasteiger charge is 2.16. The molecule has 9 heteroatoms. The third-order valence-electron chi connectivity index (χ3n) is 4.52. The lowest BCUT2D eigenvalue weighted by atomic mass is 10.1. The molecule has 1 fully saturated rings. The molecule has 1 aliphatic carbocycles. The van der Waals surface area contributed by atoms with E-state index in [1.54, 1.807) is 35.1 Å². The molecular formula is C17H25N5O3S. The molecule has 3 N–H and O–H groups in total. The first-order valence-corrected chi connectivity index (χ1v) is 10.7. The number of nitrogens with zero attached hydrogens (tertiary/aromatic N) is 2. The van der Waals surface area contributed by atoms with Crippen molar-refractivity contribution < 1.29 is 13.2 Å². The first kappa shape index (κ1) is 18.5. The summed E-state index contributed by atoms with van der Waals surface area (Å²) in [5.74, 6) is -0.185. The van der Waals surface area contributed by atoms with Crippen LogP contribution in [0, 0.1) is 0 Å². The van der Waals surface area contributed by atoms with E-state index in [0.717, 1.165) is 31.2 Å². The number of pyridine rings is 1. The number of hydrogen-bond donors (Lipinski definition) is 3. The number of hydrogen-bond acceptors (Lipinski definition) is 4. The van der Waals surface area contributed by atoms with E-state index >= 15 is 0 Å². The van der Waals surface area contributed by atoms with Crippen molar-refractivity contribution in [2.75, 3.05) is 17.0 Å². The van der Waals surface area contributed by atoms with Crippen LogP contribution < -0.4 is 15.4 Å². The minimum Gasteiger partial charge on any atom is -0.337 e. The zero-order valence-corrected chi connectivity index (χ0v) is 15.5. The lowest BCUT2D eigenvalue weighted by Gasteiger charge is -2.16. The Morgan fingerprint density at radius 3 is 2.73 bits per heavy atom. The molecule has 2 heterocycles. The topological polar surface area (TPSA) is 105 Å². The van der Waals surface area contributed by atoms with Crippen LogP contribution in [0.5, 0.6) is 0 Å². The van der Waals surface area contributed by atoms with Gasteiger partial charge in [-0.25, -0.2) is 17.7 Å².